The minimum atomic E-state index is -0.919. The molecule has 2 rings (SSSR count). The van der Waals surface area contributed by atoms with Crippen molar-refractivity contribution in [3.63, 3.8) is 0 Å². The standard InChI is InChI=1S/C10H16N4O3S/c1-13(7-2-3-7)4-5-14-9(17)11-12-10(14)18-6-8(15)16/h7H,2-6H2,1H3,(H,11,17)(H,15,16). The predicted octanol–water partition coefficient (Wildman–Crippen LogP) is -0.158. The molecule has 18 heavy (non-hydrogen) atoms. The van der Waals surface area contributed by atoms with Crippen LogP contribution in [0.3, 0.4) is 0 Å². The van der Waals surface area contributed by atoms with Gasteiger partial charge in [0.15, 0.2) is 5.16 Å². The molecule has 0 atom stereocenters. The van der Waals surface area contributed by atoms with Gasteiger partial charge in [-0.1, -0.05) is 11.8 Å². The average molecular weight is 272 g/mol. The number of hydrogen-bond acceptors (Lipinski definition) is 5. The Morgan fingerprint density at radius 2 is 2.39 bits per heavy atom. The fourth-order valence-electron chi connectivity index (χ4n) is 1.69. The zero-order valence-electron chi connectivity index (χ0n) is 10.1. The fourth-order valence-corrected chi connectivity index (χ4v) is 2.39. The maximum absolute atomic E-state index is 11.5. The van der Waals surface area contributed by atoms with Gasteiger partial charge in [-0.25, -0.2) is 9.89 Å². The highest BCUT2D eigenvalue weighted by Crippen LogP contribution is 2.25. The van der Waals surface area contributed by atoms with Crippen LogP contribution in [0.5, 0.6) is 0 Å². The van der Waals surface area contributed by atoms with Gasteiger partial charge in [-0.05, 0) is 19.9 Å². The number of carboxylic acid groups (broad SMARTS) is 1. The molecule has 1 aliphatic carbocycles. The molecule has 7 nitrogen and oxygen atoms in total. The molecule has 0 aromatic carbocycles. The molecule has 1 aromatic rings. The van der Waals surface area contributed by atoms with Crippen LogP contribution in [0.1, 0.15) is 12.8 Å². The van der Waals surface area contributed by atoms with Crippen molar-refractivity contribution < 1.29 is 9.90 Å². The Hall–Kier alpha value is -1.28. The molecule has 0 spiro atoms. The lowest BCUT2D eigenvalue weighted by Crippen LogP contribution is -2.29. The molecule has 0 unspecified atom stereocenters. The largest absolute Gasteiger partial charge is 0.481 e. The molecule has 8 heteroatoms. The Bertz CT molecular complexity index is 480. The summed E-state index contributed by atoms with van der Waals surface area (Å²) in [6.07, 6.45) is 2.44. The zero-order valence-corrected chi connectivity index (χ0v) is 10.9. The Balaban J connectivity index is 1.94. The van der Waals surface area contributed by atoms with Crippen LogP contribution in [0.15, 0.2) is 9.95 Å². The third-order valence-corrected chi connectivity index (χ3v) is 3.86. The number of thioether (sulfide) groups is 1. The van der Waals surface area contributed by atoms with E-state index in [2.05, 4.69) is 15.1 Å². The number of aromatic nitrogens is 3. The Labute approximate surface area is 108 Å². The van der Waals surface area contributed by atoms with E-state index in [9.17, 15) is 9.59 Å². The second kappa shape index (κ2) is 5.57. The molecule has 0 bridgehead atoms. The van der Waals surface area contributed by atoms with Crippen LogP contribution in [-0.4, -0.2) is 56.1 Å². The van der Waals surface area contributed by atoms with Crippen LogP contribution in [0, 0.1) is 0 Å². The number of carbonyl (C=O) groups is 1. The number of rotatable bonds is 7. The molecule has 2 N–H and O–H groups in total. The van der Waals surface area contributed by atoms with Gasteiger partial charge >= 0.3 is 11.7 Å². The number of hydrogen-bond donors (Lipinski definition) is 2. The lowest BCUT2D eigenvalue weighted by molar-refractivity contribution is -0.133. The summed E-state index contributed by atoms with van der Waals surface area (Å²) >= 11 is 1.05. The lowest BCUT2D eigenvalue weighted by Gasteiger charge is -2.15. The van der Waals surface area contributed by atoms with Crippen molar-refractivity contribution in [3.8, 4) is 0 Å². The number of H-pyrrole nitrogens is 1. The number of nitrogens with zero attached hydrogens (tertiary/aromatic N) is 3. The van der Waals surface area contributed by atoms with Gasteiger partial charge in [0.2, 0.25) is 0 Å². The first-order valence-corrected chi connectivity index (χ1v) is 6.76. The predicted molar refractivity (Wildman–Crippen MR) is 66.9 cm³/mol. The number of likely N-dealkylation sites (N-methyl/N-ethyl adjacent to an activating group) is 1. The lowest BCUT2D eigenvalue weighted by atomic mass is 10.5. The highest BCUT2D eigenvalue weighted by molar-refractivity contribution is 7.99. The maximum Gasteiger partial charge on any atom is 0.344 e. The third kappa shape index (κ3) is 3.36. The van der Waals surface area contributed by atoms with Crippen molar-refractivity contribution in [2.75, 3.05) is 19.3 Å². The second-order valence-corrected chi connectivity index (χ2v) is 5.30. The molecule has 100 valence electrons. The smallest absolute Gasteiger partial charge is 0.344 e. The van der Waals surface area contributed by atoms with Gasteiger partial charge in [-0.2, -0.15) is 0 Å². The molecule has 0 radical (unpaired) electrons. The quantitative estimate of drug-likeness (QED) is 0.670. The average Bonchev–Trinajstić information content (AvgIpc) is 3.10. The number of nitrogens with one attached hydrogen (secondary N) is 1. The van der Waals surface area contributed by atoms with Crippen LogP contribution in [0.4, 0.5) is 0 Å². The van der Waals surface area contributed by atoms with Crippen molar-refractivity contribution in [2.24, 2.45) is 0 Å². The van der Waals surface area contributed by atoms with Gasteiger partial charge in [0, 0.05) is 19.1 Å². The van der Waals surface area contributed by atoms with Gasteiger partial charge < -0.3 is 10.0 Å². The molecular weight excluding hydrogens is 256 g/mol. The van der Waals surface area contributed by atoms with Crippen LogP contribution in [-0.2, 0) is 11.3 Å². The Kier molecular flexibility index (Phi) is 4.07. The SMILES string of the molecule is CN(CCn1c(SCC(=O)O)n[nH]c1=O)C1CC1. The van der Waals surface area contributed by atoms with Gasteiger partial charge in [0.25, 0.3) is 0 Å². The second-order valence-electron chi connectivity index (χ2n) is 4.36. The molecule has 1 saturated carbocycles. The van der Waals surface area contributed by atoms with Crippen molar-refractivity contribution >= 4 is 17.7 Å². The topological polar surface area (TPSA) is 91.2 Å². The van der Waals surface area contributed by atoms with Crippen LogP contribution in [0.25, 0.3) is 0 Å². The van der Waals surface area contributed by atoms with E-state index < -0.39 is 5.97 Å². The normalized spacial score (nSPS) is 15.2. The monoisotopic (exact) mass is 272 g/mol. The first kappa shape index (κ1) is 13.2. The van der Waals surface area contributed by atoms with Crippen molar-refractivity contribution in [1.82, 2.24) is 19.7 Å². The first-order chi connectivity index (χ1) is 8.58. The first-order valence-electron chi connectivity index (χ1n) is 5.78. The van der Waals surface area contributed by atoms with E-state index in [0.717, 1.165) is 18.3 Å². The van der Waals surface area contributed by atoms with Crippen LogP contribution in [0.2, 0.25) is 0 Å². The Morgan fingerprint density at radius 1 is 1.67 bits per heavy atom. The highest BCUT2D eigenvalue weighted by Gasteiger charge is 2.25. The summed E-state index contributed by atoms with van der Waals surface area (Å²) in [4.78, 5) is 24.3. The summed E-state index contributed by atoms with van der Waals surface area (Å²) in [5.41, 5.74) is -0.285. The van der Waals surface area contributed by atoms with Crippen molar-refractivity contribution in [2.45, 2.75) is 30.6 Å². The number of aliphatic carboxylic acids is 1. The van der Waals surface area contributed by atoms with E-state index >= 15 is 0 Å². The van der Waals surface area contributed by atoms with Crippen LogP contribution >= 0.6 is 11.8 Å². The van der Waals surface area contributed by atoms with Crippen LogP contribution < -0.4 is 5.69 Å². The van der Waals surface area contributed by atoms with E-state index in [4.69, 9.17) is 5.11 Å². The van der Waals surface area contributed by atoms with Crippen molar-refractivity contribution in [3.05, 3.63) is 10.5 Å². The summed E-state index contributed by atoms with van der Waals surface area (Å²) in [7, 11) is 2.03. The Morgan fingerprint density at radius 3 is 3.00 bits per heavy atom. The molecule has 1 fully saturated rings. The summed E-state index contributed by atoms with van der Waals surface area (Å²) < 4.78 is 1.49. The van der Waals surface area contributed by atoms with Crippen molar-refractivity contribution in [1.29, 1.82) is 0 Å². The molecular formula is C10H16N4O3S. The van der Waals surface area contributed by atoms with Gasteiger partial charge in [0.05, 0.1) is 5.75 Å². The highest BCUT2D eigenvalue weighted by atomic mass is 32.2. The number of carboxylic acids is 1. The molecule has 0 saturated heterocycles. The molecule has 1 heterocycles. The summed E-state index contributed by atoms with van der Waals surface area (Å²) in [5.74, 6) is -1.01. The molecule has 1 aromatic heterocycles. The van der Waals surface area contributed by atoms with Gasteiger partial charge in [0.1, 0.15) is 0 Å². The van der Waals surface area contributed by atoms with Gasteiger partial charge in [-0.3, -0.25) is 9.36 Å². The van der Waals surface area contributed by atoms with E-state index in [1.54, 1.807) is 0 Å². The molecule has 0 aliphatic heterocycles. The minimum Gasteiger partial charge on any atom is -0.481 e. The fraction of sp³-hybridized carbons (Fsp3) is 0.700. The van der Waals surface area contributed by atoms with E-state index in [1.807, 2.05) is 7.05 Å². The zero-order chi connectivity index (χ0) is 13.1. The minimum absolute atomic E-state index is 0.0945. The van der Waals surface area contributed by atoms with Gasteiger partial charge in [-0.15, -0.1) is 5.10 Å². The molecule has 0 amide bonds. The summed E-state index contributed by atoms with van der Waals surface area (Å²) in [6.45, 7) is 1.30. The van der Waals surface area contributed by atoms with E-state index in [1.165, 1.54) is 17.4 Å². The van der Waals surface area contributed by atoms with E-state index in [-0.39, 0.29) is 11.4 Å². The van der Waals surface area contributed by atoms with E-state index in [0.29, 0.717) is 17.7 Å². The summed E-state index contributed by atoms with van der Waals surface area (Å²) in [6, 6.07) is 0.641. The number of aromatic amines is 1. The third-order valence-electron chi connectivity index (χ3n) is 2.89. The summed E-state index contributed by atoms with van der Waals surface area (Å²) in [5, 5.41) is 15.2. The molecule has 1 aliphatic rings. The maximum atomic E-state index is 11.5.